The Morgan fingerprint density at radius 1 is 1.19 bits per heavy atom. The Morgan fingerprint density at radius 2 is 1.97 bits per heavy atom. The molecule has 3 atom stereocenters. The number of fused-ring (bicyclic) bond motifs is 3. The number of pyridine rings is 1. The van der Waals surface area contributed by atoms with Gasteiger partial charge in [-0.3, -0.25) is 14.0 Å². The third kappa shape index (κ3) is 3.60. The summed E-state index contributed by atoms with van der Waals surface area (Å²) < 4.78 is 1.75. The van der Waals surface area contributed by atoms with E-state index in [0.717, 1.165) is 18.8 Å². The molecule has 4 aliphatic rings. The molecular weight excluding hydrogens is 402 g/mol. The first kappa shape index (κ1) is 21.4. The van der Waals surface area contributed by atoms with Gasteiger partial charge in [0.25, 0.3) is 11.8 Å². The lowest BCUT2D eigenvalue weighted by atomic mass is 9.45. The number of carbonyl (C=O) groups excluding carboxylic acids is 2. The van der Waals surface area contributed by atoms with E-state index in [1.54, 1.807) is 16.7 Å². The highest BCUT2D eigenvalue weighted by Crippen LogP contribution is 2.61. The van der Waals surface area contributed by atoms with Gasteiger partial charge in [0.1, 0.15) is 17.0 Å². The topological polar surface area (TPSA) is 92.7 Å². The largest absolute Gasteiger partial charge is 0.350 e. The Balaban J connectivity index is 1.28. The van der Waals surface area contributed by atoms with Gasteiger partial charge >= 0.3 is 0 Å². The molecular formula is C25H35N5O2. The lowest BCUT2D eigenvalue weighted by Gasteiger charge is -2.60. The average Bonchev–Trinajstić information content (AvgIpc) is 3.26. The zero-order valence-electron chi connectivity index (χ0n) is 19.2. The number of hydrogen-bond acceptors (Lipinski definition) is 4. The molecule has 0 radical (unpaired) electrons. The number of hydrogen-bond donors (Lipinski definition) is 2. The Morgan fingerprint density at radius 3 is 2.66 bits per heavy atom. The van der Waals surface area contributed by atoms with Gasteiger partial charge in [0.15, 0.2) is 0 Å². The molecule has 2 aromatic rings. The minimum atomic E-state index is -0.102. The van der Waals surface area contributed by atoms with E-state index in [2.05, 4.69) is 24.1 Å². The van der Waals surface area contributed by atoms with E-state index in [0.29, 0.717) is 66.4 Å². The van der Waals surface area contributed by atoms with Crippen LogP contribution >= 0.6 is 0 Å². The van der Waals surface area contributed by atoms with Gasteiger partial charge in [0, 0.05) is 25.8 Å². The lowest BCUT2D eigenvalue weighted by Crippen LogP contribution is -2.54. The maximum Gasteiger partial charge on any atom is 0.274 e. The summed E-state index contributed by atoms with van der Waals surface area (Å²) in [5.41, 5.74) is 7.72. The van der Waals surface area contributed by atoms with Crippen molar-refractivity contribution in [2.45, 2.75) is 46.0 Å². The number of rotatable bonds is 5. The van der Waals surface area contributed by atoms with E-state index in [1.807, 2.05) is 17.0 Å². The molecule has 6 rings (SSSR count). The molecule has 7 nitrogen and oxygen atoms in total. The number of likely N-dealkylation sites (tertiary alicyclic amines) is 1. The van der Waals surface area contributed by atoms with E-state index in [4.69, 9.17) is 5.73 Å². The Kier molecular flexibility index (Phi) is 5.48. The number of imidazole rings is 1. The molecule has 0 spiro atoms. The summed E-state index contributed by atoms with van der Waals surface area (Å²) in [6.45, 7) is 7.57. The van der Waals surface area contributed by atoms with Crippen molar-refractivity contribution in [1.29, 1.82) is 0 Å². The van der Waals surface area contributed by atoms with Gasteiger partial charge in [-0.05, 0) is 79.9 Å². The van der Waals surface area contributed by atoms with Gasteiger partial charge in [-0.2, -0.15) is 0 Å². The van der Waals surface area contributed by atoms with Gasteiger partial charge < -0.3 is 16.0 Å². The van der Waals surface area contributed by atoms with E-state index in [1.165, 1.54) is 19.3 Å². The van der Waals surface area contributed by atoms with E-state index in [-0.39, 0.29) is 11.8 Å². The van der Waals surface area contributed by atoms with Crippen molar-refractivity contribution < 1.29 is 9.59 Å². The molecule has 1 saturated heterocycles. The number of nitrogens with zero attached hydrogens (tertiary/aromatic N) is 3. The highest BCUT2D eigenvalue weighted by Gasteiger charge is 2.53. The third-order valence-electron chi connectivity index (χ3n) is 8.71. The minimum Gasteiger partial charge on any atom is -0.350 e. The second-order valence-corrected chi connectivity index (χ2v) is 10.6. The van der Waals surface area contributed by atoms with Gasteiger partial charge in [0.05, 0.1) is 0 Å². The molecule has 7 heteroatoms. The van der Waals surface area contributed by atoms with Crippen LogP contribution in [0.5, 0.6) is 0 Å². The van der Waals surface area contributed by atoms with Crippen LogP contribution in [0.1, 0.15) is 66.9 Å². The SMILES string of the molecule is CC1(C)[C@H]2CC[C@@H](CNC(=O)c3cccc4nc(C(=O)N5CCC(CN)CC5)cn34)[C@H]1C2. The fourth-order valence-electron chi connectivity index (χ4n) is 6.35. The maximum atomic E-state index is 13.1. The van der Waals surface area contributed by atoms with Crippen LogP contribution in [0, 0.1) is 29.1 Å². The molecule has 2 amide bonds. The van der Waals surface area contributed by atoms with Crippen LogP contribution in [0.4, 0.5) is 0 Å². The van der Waals surface area contributed by atoms with Crippen molar-refractivity contribution in [3.63, 3.8) is 0 Å². The van der Waals surface area contributed by atoms with Crippen LogP contribution in [0.15, 0.2) is 24.4 Å². The van der Waals surface area contributed by atoms with Crippen LogP contribution < -0.4 is 11.1 Å². The fourth-order valence-corrected chi connectivity index (χ4v) is 6.35. The first-order chi connectivity index (χ1) is 15.4. The number of nitrogens with two attached hydrogens (primary N) is 1. The molecule has 0 unspecified atom stereocenters. The number of carbonyl (C=O) groups is 2. The normalized spacial score (nSPS) is 27.2. The maximum absolute atomic E-state index is 13.1. The zero-order valence-corrected chi connectivity index (χ0v) is 19.2. The van der Waals surface area contributed by atoms with Gasteiger partial charge in [-0.15, -0.1) is 0 Å². The zero-order chi connectivity index (χ0) is 22.5. The van der Waals surface area contributed by atoms with Gasteiger partial charge in [-0.1, -0.05) is 19.9 Å². The Bertz CT molecular complexity index is 1020. The highest BCUT2D eigenvalue weighted by molar-refractivity contribution is 5.95. The first-order valence-electron chi connectivity index (χ1n) is 12.1. The number of nitrogens with one attached hydrogen (secondary N) is 1. The summed E-state index contributed by atoms with van der Waals surface area (Å²) in [5, 5.41) is 3.17. The van der Waals surface area contributed by atoms with Crippen LogP contribution in [-0.4, -0.2) is 52.3 Å². The Labute approximate surface area is 189 Å². The smallest absolute Gasteiger partial charge is 0.274 e. The van der Waals surface area contributed by atoms with Crippen molar-refractivity contribution in [2.24, 2.45) is 34.8 Å². The fraction of sp³-hybridized carbons (Fsp3) is 0.640. The molecule has 3 heterocycles. The standard InChI is InChI=1S/C25H35N5O2/c1-25(2)18-7-6-17(19(25)12-18)14-27-23(31)21-4-3-5-22-28-20(15-30(21)22)24(32)29-10-8-16(13-26)9-11-29/h3-5,15-19H,6-14,26H2,1-2H3,(H,27,31)/t17-,18-,19+/m0/s1. The number of aromatic nitrogens is 2. The second kappa shape index (κ2) is 8.18. The summed E-state index contributed by atoms with van der Waals surface area (Å²) in [7, 11) is 0. The van der Waals surface area contributed by atoms with Crippen LogP contribution in [0.2, 0.25) is 0 Å². The van der Waals surface area contributed by atoms with Crippen LogP contribution in [0.25, 0.3) is 5.65 Å². The number of piperidine rings is 1. The predicted octanol–water partition coefficient (Wildman–Crippen LogP) is 2.95. The quantitative estimate of drug-likeness (QED) is 0.752. The van der Waals surface area contributed by atoms with Crippen molar-refractivity contribution in [1.82, 2.24) is 19.6 Å². The van der Waals surface area contributed by atoms with Crippen molar-refractivity contribution >= 4 is 17.5 Å². The predicted molar refractivity (Wildman–Crippen MR) is 123 cm³/mol. The van der Waals surface area contributed by atoms with Crippen molar-refractivity contribution in [3.8, 4) is 0 Å². The molecule has 2 aromatic heterocycles. The molecule has 172 valence electrons. The van der Waals surface area contributed by atoms with Crippen LogP contribution in [-0.2, 0) is 0 Å². The second-order valence-electron chi connectivity index (χ2n) is 10.6. The molecule has 32 heavy (non-hydrogen) atoms. The third-order valence-corrected chi connectivity index (χ3v) is 8.71. The molecule has 0 aromatic carbocycles. The molecule has 4 fully saturated rings. The van der Waals surface area contributed by atoms with Crippen LogP contribution in [0.3, 0.4) is 0 Å². The van der Waals surface area contributed by atoms with E-state index < -0.39 is 0 Å². The first-order valence-corrected chi connectivity index (χ1v) is 12.1. The molecule has 1 aliphatic heterocycles. The lowest BCUT2D eigenvalue weighted by molar-refractivity contribution is -0.103. The van der Waals surface area contributed by atoms with E-state index in [9.17, 15) is 9.59 Å². The number of amides is 2. The average molecular weight is 438 g/mol. The van der Waals surface area contributed by atoms with Crippen molar-refractivity contribution in [3.05, 3.63) is 35.8 Å². The molecule has 2 bridgehead atoms. The van der Waals surface area contributed by atoms with Crippen molar-refractivity contribution in [2.75, 3.05) is 26.2 Å². The summed E-state index contributed by atoms with van der Waals surface area (Å²) in [6.07, 6.45) is 7.36. The summed E-state index contributed by atoms with van der Waals surface area (Å²) in [5.74, 6) is 2.44. The minimum absolute atomic E-state index is 0.0699. The monoisotopic (exact) mass is 437 g/mol. The summed E-state index contributed by atoms with van der Waals surface area (Å²) >= 11 is 0. The van der Waals surface area contributed by atoms with Gasteiger partial charge in [0.2, 0.25) is 0 Å². The Hall–Kier alpha value is -2.41. The molecule has 3 saturated carbocycles. The molecule has 3 aliphatic carbocycles. The molecule has 3 N–H and O–H groups in total. The van der Waals surface area contributed by atoms with Gasteiger partial charge in [-0.25, -0.2) is 4.98 Å². The summed E-state index contributed by atoms with van der Waals surface area (Å²) in [6, 6.07) is 5.47. The summed E-state index contributed by atoms with van der Waals surface area (Å²) in [4.78, 5) is 32.4. The highest BCUT2D eigenvalue weighted by atomic mass is 16.2. The van der Waals surface area contributed by atoms with E-state index >= 15 is 0 Å².